The van der Waals surface area contributed by atoms with Crippen molar-refractivity contribution in [3.8, 4) is 0 Å². The highest BCUT2D eigenvalue weighted by Gasteiger charge is 2.24. The molecule has 164 valence electrons. The van der Waals surface area contributed by atoms with Crippen LogP contribution < -0.4 is 5.32 Å². The molecule has 4 nitrogen and oxygen atoms in total. The number of amides is 1. The van der Waals surface area contributed by atoms with E-state index in [1.807, 2.05) is 13.0 Å². The first-order valence-electron chi connectivity index (χ1n) is 11.5. The minimum absolute atomic E-state index is 0.127. The van der Waals surface area contributed by atoms with Gasteiger partial charge in [0.25, 0.3) is 5.91 Å². The Labute approximate surface area is 185 Å². The van der Waals surface area contributed by atoms with Crippen molar-refractivity contribution in [2.75, 3.05) is 19.6 Å². The normalized spacial score (nSPS) is 16.3. The first-order valence-corrected chi connectivity index (χ1v) is 11.5. The van der Waals surface area contributed by atoms with E-state index in [0.29, 0.717) is 12.3 Å². The van der Waals surface area contributed by atoms with E-state index in [9.17, 15) is 4.79 Å². The molecule has 1 N–H and O–H groups in total. The van der Waals surface area contributed by atoms with Gasteiger partial charge in [-0.3, -0.25) is 9.69 Å². The van der Waals surface area contributed by atoms with E-state index >= 15 is 0 Å². The van der Waals surface area contributed by atoms with Crippen LogP contribution in [0.2, 0.25) is 0 Å². The molecular weight excluding hydrogens is 384 g/mol. The zero-order valence-corrected chi connectivity index (χ0v) is 19.3. The molecule has 2 aromatic carbocycles. The number of nitrogens with zero attached hydrogens (tertiary/aromatic N) is 1. The number of likely N-dealkylation sites (tertiary alicyclic amines) is 1. The van der Waals surface area contributed by atoms with Crippen molar-refractivity contribution >= 4 is 16.9 Å². The third-order valence-electron chi connectivity index (χ3n) is 6.58. The third-order valence-corrected chi connectivity index (χ3v) is 6.58. The van der Waals surface area contributed by atoms with E-state index in [2.05, 4.69) is 61.3 Å². The van der Waals surface area contributed by atoms with E-state index in [-0.39, 0.29) is 11.9 Å². The monoisotopic (exact) mass is 418 g/mol. The van der Waals surface area contributed by atoms with Crippen LogP contribution in [0.1, 0.15) is 70.1 Å². The quantitative estimate of drug-likeness (QED) is 0.551. The lowest BCUT2D eigenvalue weighted by Gasteiger charge is -2.31. The van der Waals surface area contributed by atoms with Gasteiger partial charge in [0.2, 0.25) is 0 Å². The summed E-state index contributed by atoms with van der Waals surface area (Å²) in [5, 5.41) is 4.25. The summed E-state index contributed by atoms with van der Waals surface area (Å²) in [5.41, 5.74) is 6.53. The van der Waals surface area contributed by atoms with Crippen molar-refractivity contribution in [3.05, 3.63) is 70.0 Å². The second kappa shape index (κ2) is 9.27. The summed E-state index contributed by atoms with van der Waals surface area (Å²) in [6, 6.07) is 13.1. The largest absolute Gasteiger partial charge is 0.451 e. The molecule has 0 bridgehead atoms. The Balaban J connectivity index is 1.57. The Morgan fingerprint density at radius 2 is 1.65 bits per heavy atom. The van der Waals surface area contributed by atoms with Crippen LogP contribution in [0.15, 0.2) is 40.8 Å². The molecule has 4 heteroatoms. The number of hydrogen-bond acceptors (Lipinski definition) is 3. The summed E-state index contributed by atoms with van der Waals surface area (Å²) >= 11 is 0. The highest BCUT2D eigenvalue weighted by Crippen LogP contribution is 2.30. The van der Waals surface area contributed by atoms with Gasteiger partial charge in [0, 0.05) is 17.5 Å². The minimum Gasteiger partial charge on any atom is -0.451 e. The standard InChI is InChI=1S/C27H34N2O2/c1-18-9-11-22(12-10-18)23(29-13-7-5-6-8-14-29)17-28-27(30)26-21(4)25-20(3)15-19(2)16-24(25)31-26/h9-12,15-16,23H,5-8,13-14,17H2,1-4H3,(H,28,30)/t23-/m0/s1. The molecule has 0 aliphatic carbocycles. The van der Waals surface area contributed by atoms with Gasteiger partial charge in [-0.05, 0) is 76.4 Å². The first kappa shape index (κ1) is 21.6. The fourth-order valence-corrected chi connectivity index (χ4v) is 4.93. The van der Waals surface area contributed by atoms with Crippen molar-refractivity contribution in [1.82, 2.24) is 10.2 Å². The number of carbonyl (C=O) groups excluding carboxylic acids is 1. The molecule has 1 aliphatic rings. The van der Waals surface area contributed by atoms with Crippen molar-refractivity contribution in [2.24, 2.45) is 0 Å². The molecule has 1 atom stereocenters. The van der Waals surface area contributed by atoms with Gasteiger partial charge in [-0.25, -0.2) is 0 Å². The van der Waals surface area contributed by atoms with E-state index in [1.165, 1.54) is 36.8 Å². The number of rotatable bonds is 5. The average Bonchev–Trinajstić information content (AvgIpc) is 2.90. The molecule has 3 aromatic rings. The van der Waals surface area contributed by atoms with Crippen LogP contribution in [0.5, 0.6) is 0 Å². The zero-order valence-electron chi connectivity index (χ0n) is 19.3. The van der Waals surface area contributed by atoms with Crippen LogP contribution in [-0.2, 0) is 0 Å². The SMILES string of the molecule is Cc1ccc([C@H](CNC(=O)c2oc3cc(C)cc(C)c3c2C)N2CCCCCC2)cc1. The minimum atomic E-state index is -0.127. The molecular formula is C27H34N2O2. The van der Waals surface area contributed by atoms with E-state index in [0.717, 1.165) is 40.7 Å². The first-order chi connectivity index (χ1) is 14.9. The predicted molar refractivity (Wildman–Crippen MR) is 127 cm³/mol. The average molecular weight is 419 g/mol. The van der Waals surface area contributed by atoms with Gasteiger partial charge in [0.05, 0.1) is 6.04 Å². The van der Waals surface area contributed by atoms with Gasteiger partial charge in [0.15, 0.2) is 5.76 Å². The number of furan rings is 1. The molecule has 1 aromatic heterocycles. The number of carbonyl (C=O) groups is 1. The summed E-state index contributed by atoms with van der Waals surface area (Å²) < 4.78 is 6.02. The summed E-state index contributed by atoms with van der Waals surface area (Å²) in [5.74, 6) is 0.305. The maximum absolute atomic E-state index is 13.1. The molecule has 0 spiro atoms. The lowest BCUT2D eigenvalue weighted by Crippen LogP contribution is -2.38. The van der Waals surface area contributed by atoms with Crippen molar-refractivity contribution in [3.63, 3.8) is 0 Å². The Hall–Kier alpha value is -2.59. The number of aryl methyl sites for hydroxylation is 4. The maximum Gasteiger partial charge on any atom is 0.287 e. The topological polar surface area (TPSA) is 45.5 Å². The lowest BCUT2D eigenvalue weighted by molar-refractivity contribution is 0.0907. The maximum atomic E-state index is 13.1. The second-order valence-electron chi connectivity index (χ2n) is 9.10. The molecule has 0 saturated carbocycles. The number of nitrogens with one attached hydrogen (secondary N) is 1. The summed E-state index contributed by atoms with van der Waals surface area (Å²) in [6.07, 6.45) is 5.02. The zero-order chi connectivity index (χ0) is 22.0. The molecule has 0 radical (unpaired) electrons. The number of hydrogen-bond donors (Lipinski definition) is 1. The summed E-state index contributed by atoms with van der Waals surface area (Å²) in [4.78, 5) is 15.7. The van der Waals surface area contributed by atoms with Crippen LogP contribution in [-0.4, -0.2) is 30.4 Å². The van der Waals surface area contributed by atoms with E-state index in [1.54, 1.807) is 0 Å². The van der Waals surface area contributed by atoms with Crippen molar-refractivity contribution in [1.29, 1.82) is 0 Å². The van der Waals surface area contributed by atoms with Crippen molar-refractivity contribution in [2.45, 2.75) is 59.4 Å². The second-order valence-corrected chi connectivity index (χ2v) is 9.10. The van der Waals surface area contributed by atoms with E-state index < -0.39 is 0 Å². The highest BCUT2D eigenvalue weighted by atomic mass is 16.3. The molecule has 1 amide bonds. The Kier molecular flexibility index (Phi) is 6.47. The highest BCUT2D eigenvalue weighted by molar-refractivity contribution is 6.00. The third kappa shape index (κ3) is 4.69. The molecule has 2 heterocycles. The van der Waals surface area contributed by atoms with Crippen LogP contribution in [0.25, 0.3) is 11.0 Å². The van der Waals surface area contributed by atoms with Gasteiger partial charge in [-0.1, -0.05) is 48.7 Å². The van der Waals surface area contributed by atoms with Gasteiger partial charge in [-0.15, -0.1) is 0 Å². The van der Waals surface area contributed by atoms with E-state index in [4.69, 9.17) is 4.42 Å². The fraction of sp³-hybridized carbons (Fsp3) is 0.444. The summed E-state index contributed by atoms with van der Waals surface area (Å²) in [7, 11) is 0. The molecule has 1 saturated heterocycles. The van der Waals surface area contributed by atoms with Gasteiger partial charge < -0.3 is 9.73 Å². The lowest BCUT2D eigenvalue weighted by atomic mass is 10.0. The van der Waals surface area contributed by atoms with Crippen molar-refractivity contribution < 1.29 is 9.21 Å². The van der Waals surface area contributed by atoms with Crippen LogP contribution in [0, 0.1) is 27.7 Å². The summed E-state index contributed by atoms with van der Waals surface area (Å²) in [6.45, 7) is 11.0. The Morgan fingerprint density at radius 1 is 0.968 bits per heavy atom. The van der Waals surface area contributed by atoms with Crippen LogP contribution >= 0.6 is 0 Å². The van der Waals surface area contributed by atoms with Gasteiger partial charge >= 0.3 is 0 Å². The molecule has 0 unspecified atom stereocenters. The predicted octanol–water partition coefficient (Wildman–Crippen LogP) is 6.01. The number of fused-ring (bicyclic) bond motifs is 1. The molecule has 31 heavy (non-hydrogen) atoms. The van der Waals surface area contributed by atoms with Crippen LogP contribution in [0.3, 0.4) is 0 Å². The van der Waals surface area contributed by atoms with Gasteiger partial charge in [-0.2, -0.15) is 0 Å². The Bertz CT molecular complexity index is 1060. The molecule has 4 rings (SSSR count). The Morgan fingerprint density at radius 3 is 2.32 bits per heavy atom. The van der Waals surface area contributed by atoms with Crippen LogP contribution in [0.4, 0.5) is 0 Å². The fourth-order valence-electron chi connectivity index (χ4n) is 4.93. The molecule has 1 fully saturated rings. The molecule has 1 aliphatic heterocycles. The van der Waals surface area contributed by atoms with Gasteiger partial charge in [0.1, 0.15) is 5.58 Å². The smallest absolute Gasteiger partial charge is 0.287 e. The number of benzene rings is 2.